The van der Waals surface area contributed by atoms with Crippen LogP contribution in [0, 0.1) is 0 Å². The van der Waals surface area contributed by atoms with Crippen LogP contribution in [0.1, 0.15) is 27.8 Å². The Hall–Kier alpha value is -3.20. The summed E-state index contributed by atoms with van der Waals surface area (Å²) in [5, 5.41) is 23.5. The quantitative estimate of drug-likeness (QED) is 0.212. The number of hydrogen-bond acceptors (Lipinski definition) is 7. The van der Waals surface area contributed by atoms with Crippen molar-refractivity contribution in [2.75, 3.05) is 21.3 Å². The second-order valence-electron chi connectivity index (χ2n) is 7.91. The van der Waals surface area contributed by atoms with Gasteiger partial charge in [0, 0.05) is 29.2 Å². The highest BCUT2D eigenvalue weighted by Gasteiger charge is 2.13. The molecule has 0 atom stereocenters. The summed E-state index contributed by atoms with van der Waals surface area (Å²) >= 11 is 7.19. The summed E-state index contributed by atoms with van der Waals surface area (Å²) in [6.45, 7) is 0.229. The molecule has 0 aliphatic carbocycles. The van der Waals surface area contributed by atoms with Gasteiger partial charge in [-0.1, -0.05) is 48.6 Å². The Balaban J connectivity index is 1.66. The van der Waals surface area contributed by atoms with Gasteiger partial charge in [-0.15, -0.1) is 0 Å². The predicted molar refractivity (Wildman–Crippen MR) is 150 cm³/mol. The molecule has 0 aliphatic rings. The molecule has 3 N–H and O–H groups in total. The van der Waals surface area contributed by atoms with E-state index in [1.54, 1.807) is 45.2 Å². The maximum atomic E-state index is 10.6. The Morgan fingerprint density at radius 2 is 1.58 bits per heavy atom. The fourth-order valence-corrected chi connectivity index (χ4v) is 4.73. The second-order valence-corrected chi connectivity index (χ2v) is 9.33. The second kappa shape index (κ2) is 13.8. The number of rotatable bonds is 12. The summed E-state index contributed by atoms with van der Waals surface area (Å²) in [5.41, 5.74) is 4.26. The molecule has 3 rings (SSSR count). The summed E-state index contributed by atoms with van der Waals surface area (Å²) in [7, 11) is 4.72. The minimum absolute atomic E-state index is 0.137. The Morgan fingerprint density at radius 3 is 2.19 bits per heavy atom. The molecule has 0 saturated carbocycles. The maximum absolute atomic E-state index is 10.6. The van der Waals surface area contributed by atoms with Gasteiger partial charge >= 0.3 is 0 Å². The lowest BCUT2D eigenvalue weighted by Gasteiger charge is -2.14. The van der Waals surface area contributed by atoms with E-state index in [-0.39, 0.29) is 12.4 Å². The first-order valence-electron chi connectivity index (χ1n) is 11.3. The van der Waals surface area contributed by atoms with E-state index in [1.807, 2.05) is 42.5 Å². The highest BCUT2D eigenvalue weighted by Crippen LogP contribution is 2.38. The molecule has 36 heavy (non-hydrogen) atoms. The molecule has 0 unspecified atom stereocenters. The van der Waals surface area contributed by atoms with E-state index in [0.29, 0.717) is 40.1 Å². The van der Waals surface area contributed by atoms with Crippen LogP contribution < -0.4 is 19.5 Å². The van der Waals surface area contributed by atoms with Crippen molar-refractivity contribution in [2.45, 2.75) is 24.7 Å². The summed E-state index contributed by atoms with van der Waals surface area (Å²) in [4.78, 5) is 0.544. The molecule has 0 heterocycles. The first-order chi connectivity index (χ1) is 17.5. The molecule has 0 amide bonds. The summed E-state index contributed by atoms with van der Waals surface area (Å²) < 4.78 is 16.2. The molecule has 190 valence electrons. The summed E-state index contributed by atoms with van der Waals surface area (Å²) in [6.07, 6.45) is 3.66. The van der Waals surface area contributed by atoms with Crippen molar-refractivity contribution in [3.05, 3.63) is 88.5 Å². The number of methoxy groups -OCH3 is 3. The number of ether oxygens (including phenoxy) is 3. The smallest absolute Gasteiger partial charge is 0.203 e. The van der Waals surface area contributed by atoms with Crippen molar-refractivity contribution < 1.29 is 24.4 Å². The van der Waals surface area contributed by atoms with E-state index in [4.69, 9.17) is 26.4 Å². The molecule has 0 aromatic heterocycles. The van der Waals surface area contributed by atoms with Gasteiger partial charge in [0.15, 0.2) is 11.5 Å². The average molecular weight is 526 g/mol. The zero-order chi connectivity index (χ0) is 25.9. The molecule has 3 aromatic rings. The van der Waals surface area contributed by atoms with Crippen LogP contribution >= 0.6 is 24.0 Å². The summed E-state index contributed by atoms with van der Waals surface area (Å²) in [5.74, 6) is 3.29. The monoisotopic (exact) mass is 525 g/mol. The standard InChI is InChI=1S/C28H31NO5S2/c1-32-24-13-21(14-25(33-2)28(24)34-3)15-29-26(35)10-9-20-11-22(16-30)27(31)23(12-20)18-36-17-19-7-5-4-6-8-19/h4-14,30-31H,15-18H2,1-3H3,(H,29,35)/b10-9+. The van der Waals surface area contributed by atoms with Crippen LogP contribution in [-0.4, -0.2) is 36.5 Å². The van der Waals surface area contributed by atoms with E-state index >= 15 is 0 Å². The number of thioether (sulfide) groups is 1. The normalized spacial score (nSPS) is 10.9. The largest absolute Gasteiger partial charge is 0.507 e. The van der Waals surface area contributed by atoms with Crippen molar-refractivity contribution >= 4 is 35.0 Å². The van der Waals surface area contributed by atoms with Crippen molar-refractivity contribution in [3.8, 4) is 23.0 Å². The number of nitrogens with one attached hydrogen (secondary N) is 1. The van der Waals surface area contributed by atoms with Gasteiger partial charge in [0.05, 0.1) is 32.9 Å². The van der Waals surface area contributed by atoms with Crippen LogP contribution in [-0.2, 0) is 24.7 Å². The third-order valence-corrected chi connectivity index (χ3v) is 6.78. The van der Waals surface area contributed by atoms with Crippen LogP contribution in [0.25, 0.3) is 6.08 Å². The fourth-order valence-electron chi connectivity index (χ4n) is 3.62. The fraction of sp³-hybridized carbons (Fsp3) is 0.250. The topological polar surface area (TPSA) is 80.2 Å². The Labute approximate surface area is 221 Å². The minimum atomic E-state index is -0.242. The number of thiocarbonyl (C=S) groups is 1. The molecule has 0 bridgehead atoms. The van der Waals surface area contributed by atoms with Crippen LogP contribution in [0.15, 0.2) is 60.7 Å². The third-order valence-electron chi connectivity index (χ3n) is 5.45. The van der Waals surface area contributed by atoms with Gasteiger partial charge in [-0.3, -0.25) is 0 Å². The van der Waals surface area contributed by atoms with E-state index in [0.717, 1.165) is 22.4 Å². The van der Waals surface area contributed by atoms with Gasteiger partial charge in [-0.05, 0) is 47.0 Å². The highest BCUT2D eigenvalue weighted by atomic mass is 32.2. The molecule has 0 aliphatic heterocycles. The molecular weight excluding hydrogens is 494 g/mol. The summed E-state index contributed by atoms with van der Waals surface area (Å²) in [6, 6.07) is 17.6. The number of aliphatic hydroxyl groups is 1. The lowest BCUT2D eigenvalue weighted by Crippen LogP contribution is -2.18. The maximum Gasteiger partial charge on any atom is 0.203 e. The van der Waals surface area contributed by atoms with E-state index in [2.05, 4.69) is 17.4 Å². The number of aromatic hydroxyl groups is 1. The first kappa shape index (κ1) is 27.4. The van der Waals surface area contributed by atoms with E-state index < -0.39 is 0 Å². The molecular formula is C28H31NO5S2. The number of aliphatic hydroxyl groups excluding tert-OH is 1. The molecule has 0 radical (unpaired) electrons. The van der Waals surface area contributed by atoms with Gasteiger partial charge in [0.25, 0.3) is 0 Å². The molecule has 0 fully saturated rings. The first-order valence-corrected chi connectivity index (χ1v) is 12.9. The number of hydrogen-bond donors (Lipinski definition) is 3. The minimum Gasteiger partial charge on any atom is -0.507 e. The third kappa shape index (κ3) is 7.40. The molecule has 3 aromatic carbocycles. The lowest BCUT2D eigenvalue weighted by atomic mass is 10.0. The van der Waals surface area contributed by atoms with Gasteiger partial charge in [0.2, 0.25) is 5.75 Å². The van der Waals surface area contributed by atoms with Crippen LogP contribution in [0.3, 0.4) is 0 Å². The van der Waals surface area contributed by atoms with Crippen molar-refractivity contribution in [2.24, 2.45) is 0 Å². The average Bonchev–Trinajstić information content (AvgIpc) is 2.91. The number of phenols is 1. The zero-order valence-corrected chi connectivity index (χ0v) is 22.2. The van der Waals surface area contributed by atoms with Gasteiger partial charge in [0.1, 0.15) is 5.75 Å². The van der Waals surface area contributed by atoms with Crippen LogP contribution in [0.4, 0.5) is 0 Å². The Morgan fingerprint density at radius 1 is 0.917 bits per heavy atom. The SMILES string of the molecule is COc1cc(CNC(=S)/C=C/c2cc(CO)c(O)c(CSCc3ccccc3)c2)cc(OC)c1OC. The molecule has 0 saturated heterocycles. The molecule has 6 nitrogen and oxygen atoms in total. The Kier molecular flexibility index (Phi) is 10.5. The van der Waals surface area contributed by atoms with Gasteiger partial charge < -0.3 is 29.7 Å². The van der Waals surface area contributed by atoms with E-state index in [9.17, 15) is 10.2 Å². The number of benzene rings is 3. The van der Waals surface area contributed by atoms with Gasteiger partial charge in [-0.2, -0.15) is 11.8 Å². The van der Waals surface area contributed by atoms with Crippen molar-refractivity contribution in [3.63, 3.8) is 0 Å². The van der Waals surface area contributed by atoms with Crippen LogP contribution in [0.5, 0.6) is 23.0 Å². The van der Waals surface area contributed by atoms with Crippen molar-refractivity contribution in [1.29, 1.82) is 0 Å². The predicted octanol–water partition coefficient (Wildman–Crippen LogP) is 5.47. The van der Waals surface area contributed by atoms with Gasteiger partial charge in [-0.25, -0.2) is 0 Å². The van der Waals surface area contributed by atoms with E-state index in [1.165, 1.54) is 5.56 Å². The molecule has 0 spiro atoms. The highest BCUT2D eigenvalue weighted by molar-refractivity contribution is 7.97. The lowest BCUT2D eigenvalue weighted by molar-refractivity contribution is 0.275. The van der Waals surface area contributed by atoms with Crippen LogP contribution in [0.2, 0.25) is 0 Å². The van der Waals surface area contributed by atoms with Crippen molar-refractivity contribution in [1.82, 2.24) is 5.32 Å². The Bertz CT molecular complexity index is 1170. The molecule has 8 heteroatoms. The zero-order valence-electron chi connectivity index (χ0n) is 20.6.